The summed E-state index contributed by atoms with van der Waals surface area (Å²) in [7, 11) is -2.91. The zero-order chi connectivity index (χ0) is 33.4. The number of amides is 4. The van der Waals surface area contributed by atoms with Crippen molar-refractivity contribution in [3.05, 3.63) is 42.5 Å². The molecule has 4 rings (SSSR count). The first kappa shape index (κ1) is 35.1. The molecule has 2 aromatic carbocycles. The van der Waals surface area contributed by atoms with Crippen LogP contribution in [-0.4, -0.2) is 111 Å². The molecule has 1 unspecified atom stereocenters. The number of methoxy groups -OCH3 is 1. The Balaban J connectivity index is 1.55. The van der Waals surface area contributed by atoms with E-state index in [-0.39, 0.29) is 48.3 Å². The van der Waals surface area contributed by atoms with Gasteiger partial charge in [-0.05, 0) is 55.5 Å². The van der Waals surface area contributed by atoms with E-state index < -0.39 is 40.0 Å². The summed E-state index contributed by atoms with van der Waals surface area (Å²) in [6.45, 7) is 2.30. The predicted molar refractivity (Wildman–Crippen MR) is 171 cm³/mol. The van der Waals surface area contributed by atoms with E-state index in [4.69, 9.17) is 21.7 Å². The van der Waals surface area contributed by atoms with Crippen LogP contribution in [0.2, 0.25) is 0 Å². The number of nitrogens with one attached hydrogen (secondary N) is 4. The number of sulfonamides is 1. The minimum absolute atomic E-state index is 0.00477. The summed E-state index contributed by atoms with van der Waals surface area (Å²) in [6, 6.07) is 9.58. The number of ether oxygens (including phenoxy) is 1. The molecule has 1 saturated carbocycles. The van der Waals surface area contributed by atoms with Crippen LogP contribution in [0.25, 0.3) is 10.8 Å². The Bertz CT molecular complexity index is 1560. The third-order valence-electron chi connectivity index (χ3n) is 8.08. The molecule has 46 heavy (non-hydrogen) atoms. The van der Waals surface area contributed by atoms with Crippen molar-refractivity contribution in [2.45, 2.75) is 55.6 Å². The lowest BCUT2D eigenvalue weighted by Gasteiger charge is -2.41. The topological polar surface area (TPSA) is 181 Å². The maximum atomic E-state index is 14.2. The maximum absolute atomic E-state index is 14.2. The highest BCUT2D eigenvalue weighted by Crippen LogP contribution is 2.30. The lowest BCUT2D eigenvalue weighted by atomic mass is 9.89. The van der Waals surface area contributed by atoms with Crippen molar-refractivity contribution in [2.24, 2.45) is 5.92 Å². The highest BCUT2D eigenvalue weighted by molar-refractivity contribution is 7.89. The first-order valence-electron chi connectivity index (χ1n) is 15.1. The first-order chi connectivity index (χ1) is 22.0. The number of hydrazine groups is 1. The minimum atomic E-state index is -4.10. The van der Waals surface area contributed by atoms with Gasteiger partial charge in [-0.3, -0.25) is 19.8 Å². The van der Waals surface area contributed by atoms with Crippen LogP contribution in [0.15, 0.2) is 47.4 Å². The fourth-order valence-electron chi connectivity index (χ4n) is 5.55. The van der Waals surface area contributed by atoms with Gasteiger partial charge in [-0.25, -0.2) is 18.2 Å². The Labute approximate surface area is 273 Å². The molecular weight excluding hydrogens is 638 g/mol. The van der Waals surface area contributed by atoms with E-state index in [1.807, 2.05) is 12.1 Å². The number of rotatable bonds is 14. The molecule has 1 saturated heterocycles. The molecule has 250 valence electrons. The second kappa shape index (κ2) is 15.7. The van der Waals surface area contributed by atoms with Gasteiger partial charge in [0.15, 0.2) is 0 Å². The van der Waals surface area contributed by atoms with Gasteiger partial charge in [-0.2, -0.15) is 9.73 Å². The lowest BCUT2D eigenvalue weighted by molar-refractivity contribution is -0.140. The maximum Gasteiger partial charge on any atom is 0.429 e. The summed E-state index contributed by atoms with van der Waals surface area (Å²) in [5.41, 5.74) is 0. The number of alkyl halides is 1. The lowest BCUT2D eigenvalue weighted by Crippen LogP contribution is -2.61. The van der Waals surface area contributed by atoms with Gasteiger partial charge in [0.05, 0.1) is 18.0 Å². The number of carbonyl (C=O) groups is 4. The highest BCUT2D eigenvalue weighted by Gasteiger charge is 2.42. The average molecular weight is 678 g/mol. The second-order valence-corrected chi connectivity index (χ2v) is 13.3. The fourth-order valence-corrected chi connectivity index (χ4v) is 6.88. The van der Waals surface area contributed by atoms with Crippen molar-refractivity contribution in [3.63, 3.8) is 0 Å². The number of piperidine rings is 1. The summed E-state index contributed by atoms with van der Waals surface area (Å²) in [4.78, 5) is 53.4. The summed E-state index contributed by atoms with van der Waals surface area (Å²) < 4.78 is 33.8. The van der Waals surface area contributed by atoms with E-state index in [1.165, 1.54) is 26.2 Å². The molecule has 3 atom stereocenters. The normalized spacial score (nSPS) is 18.2. The number of hydrogen-bond donors (Lipinski definition) is 4. The Kier molecular flexibility index (Phi) is 11.9. The summed E-state index contributed by atoms with van der Waals surface area (Å²) in [5, 5.41) is 17.4. The van der Waals surface area contributed by atoms with E-state index in [0.29, 0.717) is 19.4 Å². The van der Waals surface area contributed by atoms with Gasteiger partial charge < -0.3 is 20.3 Å². The van der Waals surface area contributed by atoms with Crippen LogP contribution in [0.4, 0.5) is 4.79 Å². The Morgan fingerprint density at radius 3 is 2.50 bits per heavy atom. The van der Waals surface area contributed by atoms with Crippen molar-refractivity contribution in [3.8, 4) is 0 Å². The largest absolute Gasteiger partial charge is 0.452 e. The summed E-state index contributed by atoms with van der Waals surface area (Å²) in [6.07, 6.45) is 2.64. The van der Waals surface area contributed by atoms with Crippen LogP contribution in [0.5, 0.6) is 0 Å². The number of halogens is 1. The van der Waals surface area contributed by atoms with Gasteiger partial charge in [0.25, 0.3) is 0 Å². The summed E-state index contributed by atoms with van der Waals surface area (Å²) >= 11 is 5.59. The van der Waals surface area contributed by atoms with E-state index in [0.717, 1.165) is 35.0 Å². The number of fused-ring (bicyclic) bond motifs is 1. The van der Waals surface area contributed by atoms with Crippen molar-refractivity contribution in [1.82, 2.24) is 30.3 Å². The number of nitrogens with zero attached hydrogens (tertiary/aromatic N) is 3. The smallest absolute Gasteiger partial charge is 0.429 e. The summed E-state index contributed by atoms with van der Waals surface area (Å²) in [5.74, 6) is -2.18. The highest BCUT2D eigenvalue weighted by atomic mass is 35.5. The van der Waals surface area contributed by atoms with E-state index in [1.54, 1.807) is 28.1 Å². The molecule has 2 fully saturated rings. The minimum Gasteiger partial charge on any atom is -0.452 e. The number of carbonyl (C=O) groups excluding carboxylic acids is 4. The molecule has 1 aliphatic heterocycles. The van der Waals surface area contributed by atoms with E-state index in [9.17, 15) is 27.6 Å². The average Bonchev–Trinajstić information content (AvgIpc) is 3.90. The molecule has 0 aromatic heterocycles. The number of benzene rings is 2. The van der Waals surface area contributed by atoms with Gasteiger partial charge in [0.2, 0.25) is 27.7 Å². The molecule has 0 bridgehead atoms. The molecule has 0 radical (unpaired) electrons. The van der Waals surface area contributed by atoms with Crippen LogP contribution in [-0.2, 0) is 29.1 Å². The molecule has 14 nitrogen and oxygen atoms in total. The first-order valence-corrected chi connectivity index (χ1v) is 17.1. The molecule has 4 amide bonds. The van der Waals surface area contributed by atoms with Crippen molar-refractivity contribution in [1.29, 1.82) is 5.41 Å². The zero-order valence-electron chi connectivity index (χ0n) is 25.8. The molecule has 16 heteroatoms. The Morgan fingerprint density at radius 2 is 1.85 bits per heavy atom. The third kappa shape index (κ3) is 8.72. The molecule has 2 aromatic rings. The standard InChI is InChI=1S/C30H40ClN7O7S/c1-20(35-46(43,44)25-12-9-21-6-3-4-7-22(21)16-25)28(40)34-27(23-8-5-14-36(18-23)38(19-32)30(42)45-2)29(41)37(24-10-11-24)15-13-33-26(39)17-31/h3-4,6-7,9,12,16,19-20,23-24,27,32,35H,5,8,10-11,13-15,17-18H2,1-2H3,(H,33,39)(H,34,40)/t20?,23-,27-/m0/s1. The van der Waals surface area contributed by atoms with Crippen LogP contribution < -0.4 is 15.4 Å². The van der Waals surface area contributed by atoms with Gasteiger partial charge >= 0.3 is 6.09 Å². The molecule has 4 N–H and O–H groups in total. The quantitative estimate of drug-likeness (QED) is 0.132. The van der Waals surface area contributed by atoms with E-state index in [2.05, 4.69) is 15.4 Å². The van der Waals surface area contributed by atoms with Crippen LogP contribution in [0.1, 0.15) is 32.6 Å². The van der Waals surface area contributed by atoms with Gasteiger partial charge in [-0.1, -0.05) is 30.3 Å². The van der Waals surface area contributed by atoms with Crippen LogP contribution >= 0.6 is 11.6 Å². The van der Waals surface area contributed by atoms with Gasteiger partial charge in [0.1, 0.15) is 18.3 Å². The van der Waals surface area contributed by atoms with Crippen LogP contribution in [0.3, 0.4) is 0 Å². The second-order valence-electron chi connectivity index (χ2n) is 11.3. The number of hydrogen-bond acceptors (Lipinski definition) is 9. The monoisotopic (exact) mass is 677 g/mol. The van der Waals surface area contributed by atoms with E-state index >= 15 is 0 Å². The van der Waals surface area contributed by atoms with Gasteiger partial charge in [0, 0.05) is 38.1 Å². The Morgan fingerprint density at radius 1 is 1.13 bits per heavy atom. The zero-order valence-corrected chi connectivity index (χ0v) is 27.4. The van der Waals surface area contributed by atoms with Gasteiger partial charge in [-0.15, -0.1) is 11.6 Å². The van der Waals surface area contributed by atoms with Crippen molar-refractivity contribution < 1.29 is 32.3 Å². The van der Waals surface area contributed by atoms with Crippen LogP contribution in [0, 0.1) is 11.3 Å². The Hall–Kier alpha value is -3.79. The molecule has 2 aliphatic rings. The van der Waals surface area contributed by atoms with Crippen molar-refractivity contribution in [2.75, 3.05) is 39.2 Å². The molecular formula is C30H40ClN7O7S. The predicted octanol–water partition coefficient (Wildman–Crippen LogP) is 1.64. The van der Waals surface area contributed by atoms with Crippen molar-refractivity contribution >= 4 is 62.5 Å². The fraction of sp³-hybridized carbons (Fsp3) is 0.500. The molecule has 0 spiro atoms. The molecule has 1 heterocycles. The SMILES string of the molecule is COC(=O)N(C=N)N1CCC[C@H]([C@H](NC(=O)C(C)NS(=O)(=O)c2ccc3ccccc3c2)C(=O)N(CCNC(=O)CCl)C2CC2)C1. The third-order valence-corrected chi connectivity index (χ3v) is 9.86. The molecule has 1 aliphatic carbocycles.